The van der Waals surface area contributed by atoms with Crippen molar-refractivity contribution in [2.24, 2.45) is 5.41 Å². The summed E-state index contributed by atoms with van der Waals surface area (Å²) in [6, 6.07) is 9.46. The Morgan fingerprint density at radius 3 is 2.63 bits per heavy atom. The second kappa shape index (κ2) is 9.14. The summed E-state index contributed by atoms with van der Waals surface area (Å²) in [7, 11) is 1.32. The van der Waals surface area contributed by atoms with Gasteiger partial charge in [-0.25, -0.2) is 9.18 Å². The second-order valence-electron chi connectivity index (χ2n) is 7.93. The van der Waals surface area contributed by atoms with Crippen LogP contribution in [0.3, 0.4) is 0 Å². The van der Waals surface area contributed by atoms with Crippen LogP contribution in [0.25, 0.3) is 0 Å². The van der Waals surface area contributed by atoms with E-state index in [-0.39, 0.29) is 23.8 Å². The van der Waals surface area contributed by atoms with E-state index in [2.05, 4.69) is 40.4 Å². The van der Waals surface area contributed by atoms with Gasteiger partial charge < -0.3 is 20.1 Å². The molecule has 1 fully saturated rings. The molecule has 160 valence electrons. The predicted molar refractivity (Wildman–Crippen MR) is 116 cm³/mol. The van der Waals surface area contributed by atoms with Gasteiger partial charge in [-0.1, -0.05) is 19.9 Å². The summed E-state index contributed by atoms with van der Waals surface area (Å²) in [6.45, 7) is 5.30. The third-order valence-corrected chi connectivity index (χ3v) is 5.74. The van der Waals surface area contributed by atoms with Crippen molar-refractivity contribution >= 4 is 39.2 Å². The number of esters is 1. The Hall–Kier alpha value is -2.45. The largest absolute Gasteiger partial charge is 0.465 e. The molecule has 1 aliphatic heterocycles. The molecule has 6 nitrogen and oxygen atoms in total. The minimum absolute atomic E-state index is 0.00150. The SMILES string of the molecule is COC(=O)c1ccc(NC(=O)Cc2ccc(Br)c(F)c2)c(N[C@@H]2COCC2(C)C)c1. The first-order chi connectivity index (χ1) is 14.2. The monoisotopic (exact) mass is 478 g/mol. The van der Waals surface area contributed by atoms with E-state index in [0.717, 1.165) is 0 Å². The van der Waals surface area contributed by atoms with Crippen molar-refractivity contribution in [1.29, 1.82) is 0 Å². The molecular weight excluding hydrogens is 455 g/mol. The van der Waals surface area contributed by atoms with Gasteiger partial charge in [0.05, 0.1) is 54.2 Å². The van der Waals surface area contributed by atoms with Gasteiger partial charge in [0.25, 0.3) is 0 Å². The molecule has 0 aliphatic carbocycles. The molecule has 1 aliphatic rings. The Morgan fingerprint density at radius 1 is 1.23 bits per heavy atom. The zero-order chi connectivity index (χ0) is 21.9. The van der Waals surface area contributed by atoms with Crippen molar-refractivity contribution < 1.29 is 23.5 Å². The zero-order valence-electron chi connectivity index (χ0n) is 17.1. The predicted octanol–water partition coefficient (Wildman–Crippen LogP) is 4.39. The van der Waals surface area contributed by atoms with Crippen molar-refractivity contribution in [3.05, 3.63) is 57.8 Å². The third-order valence-electron chi connectivity index (χ3n) is 5.10. The minimum Gasteiger partial charge on any atom is -0.465 e. The number of halogens is 2. The van der Waals surface area contributed by atoms with Crippen LogP contribution in [-0.2, 0) is 20.7 Å². The van der Waals surface area contributed by atoms with Crippen molar-refractivity contribution in [3.63, 3.8) is 0 Å². The van der Waals surface area contributed by atoms with Crippen molar-refractivity contribution in [1.82, 2.24) is 0 Å². The molecule has 1 saturated heterocycles. The van der Waals surface area contributed by atoms with E-state index in [1.807, 2.05) is 0 Å². The Labute approximate surface area is 183 Å². The molecule has 0 bridgehead atoms. The molecule has 0 spiro atoms. The Morgan fingerprint density at radius 2 is 2.00 bits per heavy atom. The van der Waals surface area contributed by atoms with Crippen LogP contribution < -0.4 is 10.6 Å². The van der Waals surface area contributed by atoms with E-state index in [0.29, 0.717) is 40.2 Å². The minimum atomic E-state index is -0.469. The quantitative estimate of drug-likeness (QED) is 0.601. The van der Waals surface area contributed by atoms with E-state index in [9.17, 15) is 14.0 Å². The van der Waals surface area contributed by atoms with Gasteiger partial charge in [0.2, 0.25) is 5.91 Å². The molecule has 1 atom stereocenters. The molecule has 0 aromatic heterocycles. The van der Waals surface area contributed by atoms with Crippen molar-refractivity contribution in [2.45, 2.75) is 26.3 Å². The van der Waals surface area contributed by atoms with Crippen LogP contribution in [0.5, 0.6) is 0 Å². The standard InChI is InChI=1S/C22H24BrFN2O4/c1-22(2)12-30-11-19(22)25-18-10-14(21(28)29-3)5-7-17(18)26-20(27)9-13-4-6-15(23)16(24)8-13/h4-8,10,19,25H,9,11-12H2,1-3H3,(H,26,27)/t19-/m1/s1. The highest BCUT2D eigenvalue weighted by atomic mass is 79.9. The number of amides is 1. The van der Waals surface area contributed by atoms with Crippen LogP contribution >= 0.6 is 15.9 Å². The average molecular weight is 479 g/mol. The number of methoxy groups -OCH3 is 1. The maximum Gasteiger partial charge on any atom is 0.337 e. The lowest BCUT2D eigenvalue weighted by molar-refractivity contribution is -0.115. The molecule has 30 heavy (non-hydrogen) atoms. The van der Waals surface area contributed by atoms with Crippen LogP contribution in [0, 0.1) is 11.2 Å². The number of anilines is 2. The summed E-state index contributed by atoms with van der Waals surface area (Å²) < 4.78 is 24.5. The highest BCUT2D eigenvalue weighted by molar-refractivity contribution is 9.10. The van der Waals surface area contributed by atoms with Gasteiger partial charge >= 0.3 is 5.97 Å². The van der Waals surface area contributed by atoms with Crippen molar-refractivity contribution in [3.8, 4) is 0 Å². The highest BCUT2D eigenvalue weighted by Gasteiger charge is 2.36. The number of hydrogen-bond acceptors (Lipinski definition) is 5. The average Bonchev–Trinajstić information content (AvgIpc) is 3.03. The molecule has 0 saturated carbocycles. The molecule has 3 rings (SSSR count). The first-order valence-electron chi connectivity index (χ1n) is 9.50. The van der Waals surface area contributed by atoms with E-state index in [4.69, 9.17) is 9.47 Å². The lowest BCUT2D eigenvalue weighted by Crippen LogP contribution is -2.35. The van der Waals surface area contributed by atoms with E-state index < -0.39 is 11.8 Å². The van der Waals surface area contributed by atoms with Gasteiger partial charge in [0, 0.05) is 5.41 Å². The first kappa shape index (κ1) is 22.2. The first-order valence-corrected chi connectivity index (χ1v) is 10.3. The smallest absolute Gasteiger partial charge is 0.337 e. The molecule has 0 radical (unpaired) electrons. The third kappa shape index (κ3) is 5.17. The summed E-state index contributed by atoms with van der Waals surface area (Å²) in [5, 5.41) is 6.24. The topological polar surface area (TPSA) is 76.7 Å². The van der Waals surface area contributed by atoms with Crippen LogP contribution in [0.4, 0.5) is 15.8 Å². The Kier molecular flexibility index (Phi) is 6.77. The second-order valence-corrected chi connectivity index (χ2v) is 8.78. The number of nitrogens with one attached hydrogen (secondary N) is 2. The molecule has 1 heterocycles. The highest BCUT2D eigenvalue weighted by Crippen LogP contribution is 2.33. The Balaban J connectivity index is 1.82. The van der Waals surface area contributed by atoms with Gasteiger partial charge in [-0.15, -0.1) is 0 Å². The van der Waals surface area contributed by atoms with Crippen LogP contribution in [0.15, 0.2) is 40.9 Å². The summed E-state index contributed by atoms with van der Waals surface area (Å²) in [5.74, 6) is -1.19. The molecule has 1 amide bonds. The van der Waals surface area contributed by atoms with Crippen LogP contribution in [0.1, 0.15) is 29.8 Å². The van der Waals surface area contributed by atoms with Gasteiger partial charge in [0.1, 0.15) is 5.82 Å². The Bertz CT molecular complexity index is 964. The number of carbonyl (C=O) groups excluding carboxylic acids is 2. The fraction of sp³-hybridized carbons (Fsp3) is 0.364. The normalized spacial score (nSPS) is 17.4. The van der Waals surface area contributed by atoms with E-state index in [1.165, 1.54) is 13.2 Å². The number of rotatable bonds is 6. The summed E-state index contributed by atoms with van der Waals surface area (Å²) in [4.78, 5) is 24.5. The molecule has 0 unspecified atom stereocenters. The van der Waals surface area contributed by atoms with Gasteiger partial charge in [-0.2, -0.15) is 0 Å². The molecule has 2 aromatic carbocycles. The number of carbonyl (C=O) groups is 2. The van der Waals surface area contributed by atoms with Gasteiger partial charge in [0.15, 0.2) is 0 Å². The lowest BCUT2D eigenvalue weighted by atomic mass is 9.87. The molecule has 2 N–H and O–H groups in total. The zero-order valence-corrected chi connectivity index (χ0v) is 18.6. The fourth-order valence-corrected chi connectivity index (χ4v) is 3.48. The molecule has 8 heteroatoms. The van der Waals surface area contributed by atoms with Crippen LogP contribution in [0.2, 0.25) is 0 Å². The number of hydrogen-bond donors (Lipinski definition) is 2. The number of benzene rings is 2. The number of ether oxygens (including phenoxy) is 2. The fourth-order valence-electron chi connectivity index (χ4n) is 3.24. The summed E-state index contributed by atoms with van der Waals surface area (Å²) >= 11 is 3.10. The van der Waals surface area contributed by atoms with Crippen LogP contribution in [-0.4, -0.2) is 38.2 Å². The summed E-state index contributed by atoms with van der Waals surface area (Å²) in [6.07, 6.45) is 0.0143. The van der Waals surface area contributed by atoms with Gasteiger partial charge in [-0.05, 0) is 51.8 Å². The molecular formula is C22H24BrFN2O4. The van der Waals surface area contributed by atoms with Gasteiger partial charge in [-0.3, -0.25) is 4.79 Å². The maximum atomic E-state index is 13.7. The summed E-state index contributed by atoms with van der Waals surface area (Å²) in [5.41, 5.74) is 1.92. The van der Waals surface area contributed by atoms with Crippen molar-refractivity contribution in [2.75, 3.05) is 31.0 Å². The van der Waals surface area contributed by atoms with E-state index in [1.54, 1.807) is 30.3 Å². The lowest BCUT2D eigenvalue weighted by Gasteiger charge is -2.27. The molecule has 2 aromatic rings. The van der Waals surface area contributed by atoms with E-state index >= 15 is 0 Å². The maximum absolute atomic E-state index is 13.7.